The number of aromatic nitrogens is 3. The van der Waals surface area contributed by atoms with Crippen LogP contribution in [0.5, 0.6) is 0 Å². The first-order valence-corrected chi connectivity index (χ1v) is 11.5. The molecule has 0 atom stereocenters. The first-order valence-electron chi connectivity index (χ1n) is 8.96. The second-order valence-electron chi connectivity index (χ2n) is 6.54. The number of halogens is 1. The largest absolute Gasteiger partial charge is 0.324 e. The molecule has 148 valence electrons. The number of fused-ring (bicyclic) bond motifs is 3. The molecular formula is C21H13BrN4O2S2. The van der Waals surface area contributed by atoms with Crippen molar-refractivity contribution in [2.24, 2.45) is 0 Å². The minimum atomic E-state index is -0.296. The van der Waals surface area contributed by atoms with E-state index in [0.717, 1.165) is 25.3 Å². The summed E-state index contributed by atoms with van der Waals surface area (Å²) < 4.78 is 2.68. The molecule has 1 amide bonds. The van der Waals surface area contributed by atoms with Gasteiger partial charge in [0, 0.05) is 15.5 Å². The second-order valence-corrected chi connectivity index (χ2v) is 9.40. The number of amides is 1. The van der Waals surface area contributed by atoms with Gasteiger partial charge in [-0.1, -0.05) is 28.1 Å². The molecule has 6 nitrogen and oxygen atoms in total. The van der Waals surface area contributed by atoms with Crippen molar-refractivity contribution in [2.75, 3.05) is 5.32 Å². The fourth-order valence-corrected chi connectivity index (χ4v) is 5.32. The Labute approximate surface area is 187 Å². The summed E-state index contributed by atoms with van der Waals surface area (Å²) in [5, 5.41) is 5.64. The predicted molar refractivity (Wildman–Crippen MR) is 125 cm³/mol. The van der Waals surface area contributed by atoms with Gasteiger partial charge < -0.3 is 5.32 Å². The first kappa shape index (κ1) is 19.1. The van der Waals surface area contributed by atoms with Crippen molar-refractivity contribution in [3.63, 3.8) is 0 Å². The summed E-state index contributed by atoms with van der Waals surface area (Å²) in [6, 6.07) is 15.2. The standard InChI is InChI=1S/C21H13BrN4O2S2/c22-12-3-1-4-13(9-12)24-17(27)10-26-11-23-18-14-6-7-15(16-5-2-8-29-16)25-20(14)30-19(18)21(26)28/h1-9,11H,10H2,(H,24,27). The van der Waals surface area contributed by atoms with E-state index in [2.05, 4.69) is 26.2 Å². The van der Waals surface area contributed by atoms with Gasteiger partial charge in [0.2, 0.25) is 5.91 Å². The van der Waals surface area contributed by atoms with Gasteiger partial charge in [-0.05, 0) is 41.8 Å². The quantitative estimate of drug-likeness (QED) is 0.373. The third kappa shape index (κ3) is 3.55. The van der Waals surface area contributed by atoms with Crippen LogP contribution in [0.2, 0.25) is 0 Å². The minimum Gasteiger partial charge on any atom is -0.324 e. The van der Waals surface area contributed by atoms with Gasteiger partial charge in [-0.3, -0.25) is 14.2 Å². The fourth-order valence-electron chi connectivity index (χ4n) is 3.14. The normalized spacial score (nSPS) is 11.2. The molecular weight excluding hydrogens is 484 g/mol. The number of thiophene rings is 2. The van der Waals surface area contributed by atoms with Crippen molar-refractivity contribution < 1.29 is 4.79 Å². The first-order chi connectivity index (χ1) is 14.6. The molecule has 9 heteroatoms. The highest BCUT2D eigenvalue weighted by molar-refractivity contribution is 9.10. The number of hydrogen-bond donors (Lipinski definition) is 1. The number of hydrogen-bond acceptors (Lipinski definition) is 6. The van der Waals surface area contributed by atoms with Gasteiger partial charge in [-0.25, -0.2) is 9.97 Å². The van der Waals surface area contributed by atoms with Crippen LogP contribution in [-0.4, -0.2) is 20.4 Å². The van der Waals surface area contributed by atoms with Crippen LogP contribution in [0.25, 0.3) is 31.0 Å². The van der Waals surface area contributed by atoms with Crippen molar-refractivity contribution in [2.45, 2.75) is 6.54 Å². The lowest BCUT2D eigenvalue weighted by Crippen LogP contribution is -2.27. The summed E-state index contributed by atoms with van der Waals surface area (Å²) in [6.07, 6.45) is 1.42. The molecule has 0 fully saturated rings. The van der Waals surface area contributed by atoms with Gasteiger partial charge in [0.25, 0.3) is 5.56 Å². The number of anilines is 1. The molecule has 0 aliphatic heterocycles. The Hall–Kier alpha value is -2.88. The Kier molecular flexibility index (Phi) is 4.93. The highest BCUT2D eigenvalue weighted by atomic mass is 79.9. The van der Waals surface area contributed by atoms with Crippen LogP contribution < -0.4 is 10.9 Å². The number of rotatable bonds is 4. The molecule has 5 aromatic rings. The Bertz CT molecular complexity index is 1460. The molecule has 1 aromatic carbocycles. The molecule has 5 rings (SSSR count). The van der Waals surface area contributed by atoms with Crippen molar-refractivity contribution in [3.8, 4) is 10.6 Å². The minimum absolute atomic E-state index is 0.115. The predicted octanol–water partition coefficient (Wildman–Crippen LogP) is 5.14. The van der Waals surface area contributed by atoms with Gasteiger partial charge in [0.05, 0.1) is 22.4 Å². The van der Waals surface area contributed by atoms with E-state index in [1.54, 1.807) is 23.5 Å². The van der Waals surface area contributed by atoms with Crippen molar-refractivity contribution in [1.82, 2.24) is 14.5 Å². The lowest BCUT2D eigenvalue weighted by Gasteiger charge is -2.07. The van der Waals surface area contributed by atoms with E-state index in [4.69, 9.17) is 4.98 Å². The number of pyridine rings is 1. The van der Waals surface area contributed by atoms with Gasteiger partial charge >= 0.3 is 0 Å². The average Bonchev–Trinajstić information content (AvgIpc) is 3.38. The summed E-state index contributed by atoms with van der Waals surface area (Å²) in [6.45, 7) is -0.115. The smallest absolute Gasteiger partial charge is 0.271 e. The highest BCUT2D eigenvalue weighted by Gasteiger charge is 2.15. The lowest BCUT2D eigenvalue weighted by molar-refractivity contribution is -0.116. The summed E-state index contributed by atoms with van der Waals surface area (Å²) in [4.78, 5) is 36.4. The number of benzene rings is 1. The molecule has 0 aliphatic rings. The fraction of sp³-hybridized carbons (Fsp3) is 0.0476. The molecule has 0 saturated heterocycles. The van der Waals surface area contributed by atoms with Gasteiger partial charge in [0.15, 0.2) is 0 Å². The van der Waals surface area contributed by atoms with Crippen LogP contribution in [0.15, 0.2) is 69.5 Å². The molecule has 0 unspecified atom stereocenters. The van der Waals surface area contributed by atoms with Crippen LogP contribution in [0.3, 0.4) is 0 Å². The zero-order chi connectivity index (χ0) is 20.7. The van der Waals surface area contributed by atoms with Gasteiger partial charge in [0.1, 0.15) is 16.1 Å². The van der Waals surface area contributed by atoms with Gasteiger partial charge in [-0.2, -0.15) is 0 Å². The maximum Gasteiger partial charge on any atom is 0.271 e. The summed E-state index contributed by atoms with van der Waals surface area (Å²) in [5.74, 6) is -0.296. The van der Waals surface area contributed by atoms with Crippen LogP contribution in [-0.2, 0) is 11.3 Å². The third-order valence-electron chi connectivity index (χ3n) is 4.51. The van der Waals surface area contributed by atoms with E-state index < -0.39 is 0 Å². The van der Waals surface area contributed by atoms with E-state index in [-0.39, 0.29) is 18.0 Å². The SMILES string of the molecule is O=C(Cn1cnc2c(sc3nc(-c4cccs4)ccc32)c1=O)Nc1cccc(Br)c1. The molecule has 0 radical (unpaired) electrons. The van der Waals surface area contributed by atoms with E-state index in [1.165, 1.54) is 22.2 Å². The number of carbonyl (C=O) groups is 1. The van der Waals surface area contributed by atoms with Crippen molar-refractivity contribution >= 4 is 70.6 Å². The maximum atomic E-state index is 13.0. The van der Waals surface area contributed by atoms with E-state index in [9.17, 15) is 9.59 Å². The van der Waals surface area contributed by atoms with E-state index >= 15 is 0 Å². The van der Waals surface area contributed by atoms with Crippen LogP contribution in [0, 0.1) is 0 Å². The number of nitrogens with one attached hydrogen (secondary N) is 1. The number of carbonyl (C=O) groups excluding carboxylic acids is 1. The zero-order valence-electron chi connectivity index (χ0n) is 15.3. The monoisotopic (exact) mass is 496 g/mol. The summed E-state index contributed by atoms with van der Waals surface area (Å²) in [7, 11) is 0. The molecule has 0 saturated carbocycles. The number of nitrogens with zero attached hydrogens (tertiary/aromatic N) is 3. The van der Waals surface area contributed by atoms with Crippen molar-refractivity contribution in [1.29, 1.82) is 0 Å². The average molecular weight is 497 g/mol. The molecule has 1 N–H and O–H groups in total. The third-order valence-corrected chi connectivity index (χ3v) is 6.97. The topological polar surface area (TPSA) is 76.9 Å². The summed E-state index contributed by atoms with van der Waals surface area (Å²) in [5.41, 5.74) is 1.90. The Morgan fingerprint density at radius 1 is 1.17 bits per heavy atom. The molecule has 4 heterocycles. The molecule has 30 heavy (non-hydrogen) atoms. The molecule has 0 spiro atoms. The van der Waals surface area contributed by atoms with Crippen LogP contribution in [0.4, 0.5) is 5.69 Å². The van der Waals surface area contributed by atoms with Crippen LogP contribution in [0.1, 0.15) is 0 Å². The molecule has 4 aromatic heterocycles. The zero-order valence-corrected chi connectivity index (χ0v) is 18.6. The molecule has 0 aliphatic carbocycles. The van der Waals surface area contributed by atoms with E-state index in [0.29, 0.717) is 15.9 Å². The lowest BCUT2D eigenvalue weighted by atomic mass is 10.2. The Balaban J connectivity index is 1.48. The maximum absolute atomic E-state index is 13.0. The summed E-state index contributed by atoms with van der Waals surface area (Å²) >= 11 is 6.30. The van der Waals surface area contributed by atoms with Crippen LogP contribution >= 0.6 is 38.6 Å². The highest BCUT2D eigenvalue weighted by Crippen LogP contribution is 2.32. The van der Waals surface area contributed by atoms with Crippen molar-refractivity contribution in [3.05, 3.63) is 75.1 Å². The van der Waals surface area contributed by atoms with Gasteiger partial charge in [-0.15, -0.1) is 22.7 Å². The second kappa shape index (κ2) is 7.75. The van der Waals surface area contributed by atoms with E-state index in [1.807, 2.05) is 41.8 Å². The Morgan fingerprint density at radius 2 is 2.07 bits per heavy atom. The Morgan fingerprint density at radius 3 is 2.87 bits per heavy atom. The molecule has 0 bridgehead atoms.